The molecule has 3 heteroatoms. The SMILES string of the molecule is CN1CCC(C(C)(C)CNCCC(C)(C)N)C1. The number of nitrogens with zero attached hydrogens (tertiary/aromatic N) is 1. The molecule has 0 aromatic carbocycles. The van der Waals surface area contributed by atoms with Gasteiger partial charge in [0, 0.05) is 18.6 Å². The predicted octanol–water partition coefficient (Wildman–Crippen LogP) is 1.68. The Kier molecular flexibility index (Phi) is 4.99. The van der Waals surface area contributed by atoms with E-state index >= 15 is 0 Å². The Morgan fingerprint density at radius 2 is 1.94 bits per heavy atom. The normalized spacial score (nSPS) is 23.3. The van der Waals surface area contributed by atoms with E-state index in [9.17, 15) is 0 Å². The Morgan fingerprint density at radius 1 is 1.29 bits per heavy atom. The molecule has 1 aliphatic heterocycles. The van der Waals surface area contributed by atoms with E-state index in [1.165, 1.54) is 19.5 Å². The highest BCUT2D eigenvalue weighted by molar-refractivity contribution is 4.87. The van der Waals surface area contributed by atoms with Gasteiger partial charge in [-0.15, -0.1) is 0 Å². The molecule has 1 unspecified atom stereocenters. The summed E-state index contributed by atoms with van der Waals surface area (Å²) >= 11 is 0. The summed E-state index contributed by atoms with van der Waals surface area (Å²) in [5.74, 6) is 0.825. The lowest BCUT2D eigenvalue weighted by Gasteiger charge is -2.32. The van der Waals surface area contributed by atoms with Crippen molar-refractivity contribution < 1.29 is 0 Å². The highest BCUT2D eigenvalue weighted by atomic mass is 15.1. The van der Waals surface area contributed by atoms with Gasteiger partial charge >= 0.3 is 0 Å². The monoisotopic (exact) mass is 241 g/mol. The maximum Gasteiger partial charge on any atom is 0.0109 e. The molecule has 3 nitrogen and oxygen atoms in total. The van der Waals surface area contributed by atoms with Crippen molar-refractivity contribution in [3.8, 4) is 0 Å². The molecule has 0 amide bonds. The number of nitrogens with two attached hydrogens (primary N) is 1. The van der Waals surface area contributed by atoms with Gasteiger partial charge in [0.2, 0.25) is 0 Å². The average Bonchev–Trinajstić information content (AvgIpc) is 2.59. The summed E-state index contributed by atoms with van der Waals surface area (Å²) in [7, 11) is 2.22. The smallest absolute Gasteiger partial charge is 0.0109 e. The topological polar surface area (TPSA) is 41.3 Å². The van der Waals surface area contributed by atoms with Crippen LogP contribution in [0.15, 0.2) is 0 Å². The van der Waals surface area contributed by atoms with Crippen LogP contribution in [-0.4, -0.2) is 43.7 Å². The molecule has 1 heterocycles. The minimum Gasteiger partial charge on any atom is -0.326 e. The molecule has 0 spiro atoms. The van der Waals surface area contributed by atoms with Gasteiger partial charge < -0.3 is 16.0 Å². The maximum atomic E-state index is 5.98. The number of hydrogen-bond acceptors (Lipinski definition) is 3. The lowest BCUT2D eigenvalue weighted by atomic mass is 9.78. The molecule has 1 atom stereocenters. The van der Waals surface area contributed by atoms with Crippen molar-refractivity contribution in [1.29, 1.82) is 0 Å². The number of likely N-dealkylation sites (tertiary alicyclic amines) is 1. The third-order valence-corrected chi connectivity index (χ3v) is 4.02. The molecule has 1 rings (SSSR count). The molecule has 1 aliphatic rings. The van der Waals surface area contributed by atoms with E-state index in [2.05, 4.69) is 45.0 Å². The van der Waals surface area contributed by atoms with Crippen LogP contribution >= 0.6 is 0 Å². The van der Waals surface area contributed by atoms with Crippen LogP contribution in [0.25, 0.3) is 0 Å². The van der Waals surface area contributed by atoms with Crippen molar-refractivity contribution in [3.63, 3.8) is 0 Å². The molecule has 0 aliphatic carbocycles. The first kappa shape index (κ1) is 14.9. The van der Waals surface area contributed by atoms with Gasteiger partial charge in [-0.2, -0.15) is 0 Å². The lowest BCUT2D eigenvalue weighted by molar-refractivity contribution is 0.205. The van der Waals surface area contributed by atoms with Gasteiger partial charge in [-0.3, -0.25) is 0 Å². The molecule has 0 radical (unpaired) electrons. The van der Waals surface area contributed by atoms with E-state index in [1.807, 2.05) is 0 Å². The zero-order valence-electron chi connectivity index (χ0n) is 12.3. The number of nitrogens with one attached hydrogen (secondary N) is 1. The van der Waals surface area contributed by atoms with Gasteiger partial charge in [0.25, 0.3) is 0 Å². The number of hydrogen-bond donors (Lipinski definition) is 2. The van der Waals surface area contributed by atoms with Crippen molar-refractivity contribution in [2.75, 3.05) is 33.2 Å². The summed E-state index contributed by atoms with van der Waals surface area (Å²) < 4.78 is 0. The van der Waals surface area contributed by atoms with Crippen LogP contribution in [0.3, 0.4) is 0 Å². The second-order valence-electron chi connectivity index (χ2n) is 7.15. The molecule has 102 valence electrons. The first-order valence-electron chi connectivity index (χ1n) is 6.89. The van der Waals surface area contributed by atoms with E-state index in [4.69, 9.17) is 5.73 Å². The van der Waals surface area contributed by atoms with Crippen LogP contribution in [0, 0.1) is 11.3 Å². The quantitative estimate of drug-likeness (QED) is 0.695. The maximum absolute atomic E-state index is 5.98. The second-order valence-corrected chi connectivity index (χ2v) is 7.15. The summed E-state index contributed by atoms with van der Waals surface area (Å²) in [6.45, 7) is 13.6. The van der Waals surface area contributed by atoms with Gasteiger partial charge in [-0.25, -0.2) is 0 Å². The molecular weight excluding hydrogens is 210 g/mol. The lowest BCUT2D eigenvalue weighted by Crippen LogP contribution is -2.40. The molecule has 17 heavy (non-hydrogen) atoms. The highest BCUT2D eigenvalue weighted by Crippen LogP contribution is 2.33. The average molecular weight is 241 g/mol. The van der Waals surface area contributed by atoms with Crippen molar-refractivity contribution in [3.05, 3.63) is 0 Å². The van der Waals surface area contributed by atoms with E-state index in [0.29, 0.717) is 5.41 Å². The molecule has 3 N–H and O–H groups in total. The zero-order chi connectivity index (χ0) is 13.1. The van der Waals surface area contributed by atoms with Crippen LogP contribution in [0.5, 0.6) is 0 Å². The van der Waals surface area contributed by atoms with Crippen LogP contribution in [0.4, 0.5) is 0 Å². The molecule has 0 aromatic heterocycles. The first-order chi connectivity index (χ1) is 7.71. The molecular formula is C14H31N3. The van der Waals surface area contributed by atoms with E-state index in [0.717, 1.165) is 25.4 Å². The fraction of sp³-hybridized carbons (Fsp3) is 1.00. The summed E-state index contributed by atoms with van der Waals surface area (Å²) in [4.78, 5) is 2.44. The van der Waals surface area contributed by atoms with Crippen LogP contribution < -0.4 is 11.1 Å². The fourth-order valence-electron chi connectivity index (χ4n) is 2.54. The first-order valence-corrected chi connectivity index (χ1v) is 6.89. The Labute approximate surface area is 107 Å². The standard InChI is InChI=1S/C14H31N3/c1-13(2,12-6-9-17(5)10-12)11-16-8-7-14(3,4)15/h12,16H,6-11,15H2,1-5H3. The zero-order valence-corrected chi connectivity index (χ0v) is 12.3. The third-order valence-electron chi connectivity index (χ3n) is 4.02. The van der Waals surface area contributed by atoms with Crippen molar-refractivity contribution in [2.45, 2.75) is 46.1 Å². The Hall–Kier alpha value is -0.120. The second kappa shape index (κ2) is 5.68. The number of rotatable bonds is 6. The minimum absolute atomic E-state index is 0.0509. The summed E-state index contributed by atoms with van der Waals surface area (Å²) in [5.41, 5.74) is 6.32. The molecule has 0 aromatic rings. The van der Waals surface area contributed by atoms with Gasteiger partial charge in [0.15, 0.2) is 0 Å². The predicted molar refractivity (Wildman–Crippen MR) is 75.1 cm³/mol. The summed E-state index contributed by atoms with van der Waals surface area (Å²) in [6, 6.07) is 0. The Morgan fingerprint density at radius 3 is 2.41 bits per heavy atom. The molecule has 1 saturated heterocycles. The van der Waals surface area contributed by atoms with E-state index in [1.54, 1.807) is 0 Å². The van der Waals surface area contributed by atoms with E-state index in [-0.39, 0.29) is 5.54 Å². The summed E-state index contributed by atoms with van der Waals surface area (Å²) in [6.07, 6.45) is 2.38. The van der Waals surface area contributed by atoms with Crippen LogP contribution in [-0.2, 0) is 0 Å². The molecule has 0 bridgehead atoms. The van der Waals surface area contributed by atoms with Gasteiger partial charge in [-0.05, 0) is 58.2 Å². The minimum atomic E-state index is -0.0509. The fourth-order valence-corrected chi connectivity index (χ4v) is 2.54. The van der Waals surface area contributed by atoms with Gasteiger partial charge in [-0.1, -0.05) is 13.8 Å². The Balaban J connectivity index is 2.25. The third kappa shape index (κ3) is 5.36. The largest absolute Gasteiger partial charge is 0.326 e. The van der Waals surface area contributed by atoms with Crippen LogP contribution in [0.2, 0.25) is 0 Å². The highest BCUT2D eigenvalue weighted by Gasteiger charge is 2.33. The van der Waals surface area contributed by atoms with Crippen LogP contribution in [0.1, 0.15) is 40.5 Å². The molecule has 0 saturated carbocycles. The van der Waals surface area contributed by atoms with Crippen molar-refractivity contribution >= 4 is 0 Å². The van der Waals surface area contributed by atoms with Gasteiger partial charge in [0.1, 0.15) is 0 Å². The van der Waals surface area contributed by atoms with Crippen molar-refractivity contribution in [1.82, 2.24) is 10.2 Å². The summed E-state index contributed by atoms with van der Waals surface area (Å²) in [5, 5.41) is 3.58. The Bertz CT molecular complexity index is 230. The van der Waals surface area contributed by atoms with Gasteiger partial charge in [0.05, 0.1) is 0 Å². The van der Waals surface area contributed by atoms with E-state index < -0.39 is 0 Å². The molecule has 1 fully saturated rings. The van der Waals surface area contributed by atoms with Crippen molar-refractivity contribution in [2.24, 2.45) is 17.1 Å².